The Kier molecular flexibility index (Phi) is 3.98. The molecular weight excluding hydrogens is 222 g/mol. The van der Waals surface area contributed by atoms with Crippen molar-refractivity contribution in [2.24, 2.45) is 5.73 Å². The van der Waals surface area contributed by atoms with Crippen molar-refractivity contribution in [1.82, 2.24) is 10.6 Å². The highest BCUT2D eigenvalue weighted by Gasteiger charge is 2.40. The lowest BCUT2D eigenvalue weighted by atomic mass is 9.88. The van der Waals surface area contributed by atoms with E-state index in [-0.39, 0.29) is 0 Å². The maximum atomic E-state index is 11.7. The first-order valence-electron chi connectivity index (χ1n) is 5.77. The summed E-state index contributed by atoms with van der Waals surface area (Å²) >= 11 is 0. The summed E-state index contributed by atoms with van der Waals surface area (Å²) < 4.78 is 5.14. The number of nitrogens with one attached hydrogen (secondary N) is 2. The minimum absolute atomic E-state index is 0.488. The highest BCUT2D eigenvalue weighted by Crippen LogP contribution is 2.19. The number of alkyl carbamates (subject to hydrolysis) is 1. The zero-order valence-corrected chi connectivity index (χ0v) is 10.6. The van der Waals surface area contributed by atoms with Crippen LogP contribution in [0.3, 0.4) is 0 Å². The molecule has 0 aliphatic carbocycles. The number of piperidine rings is 1. The molecule has 0 aromatic carbocycles. The molecule has 2 amide bonds. The molecule has 1 rings (SSSR count). The maximum Gasteiger partial charge on any atom is 0.408 e. The highest BCUT2D eigenvalue weighted by molar-refractivity contribution is 5.88. The molecule has 1 saturated heterocycles. The van der Waals surface area contributed by atoms with Gasteiger partial charge in [-0.25, -0.2) is 4.79 Å². The Morgan fingerprint density at radius 1 is 1.29 bits per heavy atom. The smallest absolute Gasteiger partial charge is 0.408 e. The zero-order chi connectivity index (χ0) is 13.1. The van der Waals surface area contributed by atoms with Crippen LogP contribution < -0.4 is 16.4 Å². The second kappa shape index (κ2) is 4.91. The average Bonchev–Trinajstić information content (AvgIpc) is 2.15. The molecule has 17 heavy (non-hydrogen) atoms. The van der Waals surface area contributed by atoms with Crippen molar-refractivity contribution >= 4 is 12.0 Å². The summed E-state index contributed by atoms with van der Waals surface area (Å²) in [4.78, 5) is 23.2. The number of carbonyl (C=O) groups is 2. The Morgan fingerprint density at radius 2 is 1.82 bits per heavy atom. The van der Waals surface area contributed by atoms with Gasteiger partial charge in [0.25, 0.3) is 0 Å². The summed E-state index contributed by atoms with van der Waals surface area (Å²) in [6.07, 6.45) is 0.376. The number of rotatable bonds is 2. The molecule has 1 fully saturated rings. The Hall–Kier alpha value is -1.30. The van der Waals surface area contributed by atoms with E-state index in [2.05, 4.69) is 10.6 Å². The Balaban J connectivity index is 2.67. The van der Waals surface area contributed by atoms with Crippen LogP contribution in [0.5, 0.6) is 0 Å². The van der Waals surface area contributed by atoms with Gasteiger partial charge in [0.15, 0.2) is 0 Å². The molecule has 1 aliphatic heterocycles. The SMILES string of the molecule is CC(C)(C)OC(=O)NC1(C(N)=O)CCNCC1. The Morgan fingerprint density at radius 3 is 2.24 bits per heavy atom. The minimum Gasteiger partial charge on any atom is -0.444 e. The topological polar surface area (TPSA) is 93.4 Å². The van der Waals surface area contributed by atoms with Crippen LogP contribution >= 0.6 is 0 Å². The van der Waals surface area contributed by atoms with Crippen LogP contribution in [-0.4, -0.2) is 36.2 Å². The molecule has 0 bridgehead atoms. The van der Waals surface area contributed by atoms with Crippen LogP contribution in [-0.2, 0) is 9.53 Å². The zero-order valence-electron chi connectivity index (χ0n) is 10.6. The first-order chi connectivity index (χ1) is 7.75. The first-order valence-corrected chi connectivity index (χ1v) is 5.77. The predicted octanol–water partition coefficient (Wildman–Crippen LogP) is 0.119. The van der Waals surface area contributed by atoms with Crippen LogP contribution in [0.15, 0.2) is 0 Å². The molecule has 4 N–H and O–H groups in total. The average molecular weight is 243 g/mol. The van der Waals surface area contributed by atoms with Gasteiger partial charge >= 0.3 is 6.09 Å². The molecule has 0 atom stereocenters. The van der Waals surface area contributed by atoms with Crippen molar-refractivity contribution in [3.05, 3.63) is 0 Å². The summed E-state index contributed by atoms with van der Waals surface area (Å²) in [5.74, 6) is -0.509. The summed E-state index contributed by atoms with van der Waals surface area (Å²) in [7, 11) is 0. The summed E-state index contributed by atoms with van der Waals surface area (Å²) in [5, 5.41) is 5.73. The standard InChI is InChI=1S/C11H21N3O3/c1-10(2,3)17-9(16)14-11(8(12)15)4-6-13-7-5-11/h13H,4-7H2,1-3H3,(H2,12,15)(H,14,16). The third-order valence-corrected chi connectivity index (χ3v) is 2.67. The molecule has 1 aliphatic rings. The van der Waals surface area contributed by atoms with Crippen LogP contribution in [0, 0.1) is 0 Å². The van der Waals surface area contributed by atoms with Gasteiger partial charge in [0.1, 0.15) is 11.1 Å². The molecule has 0 saturated carbocycles. The highest BCUT2D eigenvalue weighted by atomic mass is 16.6. The lowest BCUT2D eigenvalue weighted by Crippen LogP contribution is -2.62. The van der Waals surface area contributed by atoms with Crippen molar-refractivity contribution in [3.63, 3.8) is 0 Å². The van der Waals surface area contributed by atoms with Gasteiger partial charge in [-0.05, 0) is 46.7 Å². The molecule has 98 valence electrons. The van der Waals surface area contributed by atoms with E-state index < -0.39 is 23.1 Å². The number of hydrogen-bond acceptors (Lipinski definition) is 4. The van der Waals surface area contributed by atoms with Crippen molar-refractivity contribution < 1.29 is 14.3 Å². The minimum atomic E-state index is -0.979. The molecule has 0 aromatic rings. The van der Waals surface area contributed by atoms with Gasteiger partial charge in [0.2, 0.25) is 5.91 Å². The number of nitrogens with two attached hydrogens (primary N) is 1. The van der Waals surface area contributed by atoms with E-state index in [0.29, 0.717) is 25.9 Å². The van der Waals surface area contributed by atoms with Crippen molar-refractivity contribution in [3.8, 4) is 0 Å². The van der Waals surface area contributed by atoms with E-state index in [1.807, 2.05) is 0 Å². The number of carbonyl (C=O) groups excluding carboxylic acids is 2. The number of primary amides is 1. The predicted molar refractivity (Wildman–Crippen MR) is 63.4 cm³/mol. The van der Waals surface area contributed by atoms with Crippen LogP contribution in [0.25, 0.3) is 0 Å². The lowest BCUT2D eigenvalue weighted by molar-refractivity contribution is -0.125. The van der Waals surface area contributed by atoms with Gasteiger partial charge in [-0.3, -0.25) is 4.79 Å². The van der Waals surface area contributed by atoms with Gasteiger partial charge in [-0.15, -0.1) is 0 Å². The quantitative estimate of drug-likeness (QED) is 0.642. The van der Waals surface area contributed by atoms with Gasteiger partial charge in [-0.1, -0.05) is 0 Å². The third-order valence-electron chi connectivity index (χ3n) is 2.67. The Labute approximate surface area is 101 Å². The maximum absolute atomic E-state index is 11.7. The van der Waals surface area contributed by atoms with Crippen molar-refractivity contribution in [2.45, 2.75) is 44.8 Å². The van der Waals surface area contributed by atoms with Crippen LogP contribution in [0.4, 0.5) is 4.79 Å². The van der Waals surface area contributed by atoms with E-state index in [1.54, 1.807) is 20.8 Å². The monoisotopic (exact) mass is 243 g/mol. The van der Waals surface area contributed by atoms with Gasteiger partial charge < -0.3 is 21.1 Å². The lowest BCUT2D eigenvalue weighted by Gasteiger charge is -2.35. The summed E-state index contributed by atoms with van der Waals surface area (Å²) in [5.41, 5.74) is 3.81. The van der Waals surface area contributed by atoms with E-state index in [1.165, 1.54) is 0 Å². The fourth-order valence-electron chi connectivity index (χ4n) is 1.79. The number of hydrogen-bond donors (Lipinski definition) is 3. The molecule has 6 heteroatoms. The Bertz CT molecular complexity index is 304. The van der Waals surface area contributed by atoms with Crippen molar-refractivity contribution in [2.75, 3.05) is 13.1 Å². The third kappa shape index (κ3) is 3.89. The van der Waals surface area contributed by atoms with Crippen LogP contribution in [0.2, 0.25) is 0 Å². The van der Waals surface area contributed by atoms with Gasteiger partial charge in [-0.2, -0.15) is 0 Å². The van der Waals surface area contributed by atoms with Crippen LogP contribution in [0.1, 0.15) is 33.6 Å². The van der Waals surface area contributed by atoms with E-state index >= 15 is 0 Å². The van der Waals surface area contributed by atoms with Gasteiger partial charge in [0, 0.05) is 0 Å². The number of ether oxygens (including phenoxy) is 1. The second-order valence-corrected chi connectivity index (χ2v) is 5.32. The summed E-state index contributed by atoms with van der Waals surface area (Å²) in [6, 6.07) is 0. The van der Waals surface area contributed by atoms with Crippen molar-refractivity contribution in [1.29, 1.82) is 0 Å². The van der Waals surface area contributed by atoms with E-state index in [0.717, 1.165) is 0 Å². The van der Waals surface area contributed by atoms with E-state index in [4.69, 9.17) is 10.5 Å². The molecule has 0 unspecified atom stereocenters. The first kappa shape index (κ1) is 13.8. The molecule has 1 heterocycles. The second-order valence-electron chi connectivity index (χ2n) is 5.32. The fourth-order valence-corrected chi connectivity index (χ4v) is 1.79. The van der Waals surface area contributed by atoms with Gasteiger partial charge in [0.05, 0.1) is 0 Å². The number of amides is 2. The largest absolute Gasteiger partial charge is 0.444 e. The fraction of sp³-hybridized carbons (Fsp3) is 0.818. The molecule has 0 radical (unpaired) electrons. The van der Waals surface area contributed by atoms with E-state index in [9.17, 15) is 9.59 Å². The molecule has 0 aromatic heterocycles. The normalized spacial score (nSPS) is 19.5. The molecular formula is C11H21N3O3. The molecule has 6 nitrogen and oxygen atoms in total. The summed E-state index contributed by atoms with van der Waals surface area (Å²) in [6.45, 7) is 6.61. The molecule has 0 spiro atoms.